The van der Waals surface area contributed by atoms with E-state index in [0.29, 0.717) is 12.8 Å². The van der Waals surface area contributed by atoms with Crippen LogP contribution in [0.5, 0.6) is 0 Å². The second-order valence-corrected chi connectivity index (χ2v) is 29.3. The first-order valence-electron chi connectivity index (χ1n) is 40.8. The maximum Gasteiger partial charge on any atom is 0.220 e. The normalized spacial score (nSPS) is 22.4. The second-order valence-electron chi connectivity index (χ2n) is 29.3. The van der Waals surface area contributed by atoms with Crippen LogP contribution in [-0.2, 0) is 23.7 Å². The first kappa shape index (κ1) is 88.1. The van der Waals surface area contributed by atoms with Gasteiger partial charge in [-0.3, -0.25) is 4.79 Å². The van der Waals surface area contributed by atoms with Crippen LogP contribution in [0.3, 0.4) is 0 Å². The third-order valence-electron chi connectivity index (χ3n) is 20.6. The molecule has 2 rings (SSSR count). The van der Waals surface area contributed by atoms with Crippen LogP contribution in [0.1, 0.15) is 406 Å². The van der Waals surface area contributed by atoms with Crippen molar-refractivity contribution in [3.05, 3.63) is 0 Å². The molecule has 2 aliphatic heterocycles. The van der Waals surface area contributed by atoms with Gasteiger partial charge in [0.25, 0.3) is 0 Å². The monoisotopic (exact) mass is 1330 g/mol. The molecule has 2 saturated heterocycles. The maximum atomic E-state index is 13.4. The lowest BCUT2D eigenvalue weighted by Crippen LogP contribution is -2.65. The number of aliphatic hydroxyl groups excluding tert-OH is 8. The Morgan fingerprint density at radius 1 is 0.344 bits per heavy atom. The van der Waals surface area contributed by atoms with Gasteiger partial charge in [-0.05, 0) is 12.8 Å². The number of hydrogen-bond donors (Lipinski definition) is 9. The fourth-order valence-electron chi connectivity index (χ4n) is 14.1. The van der Waals surface area contributed by atoms with Gasteiger partial charge in [0, 0.05) is 6.42 Å². The van der Waals surface area contributed by atoms with E-state index in [1.54, 1.807) is 0 Å². The highest BCUT2D eigenvalue weighted by Crippen LogP contribution is 2.31. The Kier molecular flexibility index (Phi) is 61.0. The zero-order valence-corrected chi connectivity index (χ0v) is 60.8. The summed E-state index contributed by atoms with van der Waals surface area (Å²) in [7, 11) is 0. The third kappa shape index (κ3) is 47.6. The number of ether oxygens (including phenoxy) is 4. The van der Waals surface area contributed by atoms with Crippen LogP contribution >= 0.6 is 0 Å². The van der Waals surface area contributed by atoms with E-state index in [-0.39, 0.29) is 12.5 Å². The van der Waals surface area contributed by atoms with Crippen LogP contribution in [0.15, 0.2) is 0 Å². The molecule has 12 unspecified atom stereocenters. The van der Waals surface area contributed by atoms with Gasteiger partial charge >= 0.3 is 0 Å². The number of unbranched alkanes of at least 4 members (excludes halogenated alkanes) is 57. The molecule has 1 amide bonds. The molecule has 0 bridgehead atoms. The summed E-state index contributed by atoms with van der Waals surface area (Å²) in [5, 5.41) is 87.8. The third-order valence-corrected chi connectivity index (χ3v) is 20.6. The van der Waals surface area contributed by atoms with Crippen LogP contribution in [0, 0.1) is 0 Å². The Morgan fingerprint density at radius 3 is 0.914 bits per heavy atom. The molecule has 0 aromatic rings. The van der Waals surface area contributed by atoms with Gasteiger partial charge in [-0.1, -0.05) is 386 Å². The summed E-state index contributed by atoms with van der Waals surface area (Å²) in [4.78, 5) is 13.4. The Morgan fingerprint density at radius 2 is 0.613 bits per heavy atom. The van der Waals surface area contributed by atoms with Crippen LogP contribution in [0.2, 0.25) is 0 Å². The highest BCUT2D eigenvalue weighted by atomic mass is 16.7. The van der Waals surface area contributed by atoms with E-state index in [1.165, 1.54) is 327 Å². The summed E-state index contributed by atoms with van der Waals surface area (Å²) in [5.74, 6) is -0.195. The van der Waals surface area contributed by atoms with Gasteiger partial charge in [-0.25, -0.2) is 0 Å². The zero-order chi connectivity index (χ0) is 67.3. The summed E-state index contributed by atoms with van der Waals surface area (Å²) in [6, 6.07) is -0.825. The smallest absolute Gasteiger partial charge is 0.220 e. The minimum atomic E-state index is -1.78. The molecule has 0 aromatic heterocycles. The molecule has 0 spiro atoms. The average molecular weight is 1330 g/mol. The van der Waals surface area contributed by atoms with Crippen LogP contribution in [-0.4, -0.2) is 140 Å². The van der Waals surface area contributed by atoms with Crippen molar-refractivity contribution in [1.29, 1.82) is 0 Å². The molecule has 0 aromatic carbocycles. The van der Waals surface area contributed by atoms with Gasteiger partial charge in [-0.15, -0.1) is 0 Å². The van der Waals surface area contributed by atoms with E-state index >= 15 is 0 Å². The zero-order valence-electron chi connectivity index (χ0n) is 60.8. The quantitative estimate of drug-likeness (QED) is 0.0259. The van der Waals surface area contributed by atoms with E-state index in [4.69, 9.17) is 18.9 Å². The van der Waals surface area contributed by atoms with Gasteiger partial charge in [0.1, 0.15) is 48.8 Å². The molecule has 2 fully saturated rings. The first-order valence-corrected chi connectivity index (χ1v) is 40.8. The minimum absolute atomic E-state index is 0.195. The topological polar surface area (TPSA) is 228 Å². The molecule has 9 N–H and O–H groups in total. The predicted octanol–water partition coefficient (Wildman–Crippen LogP) is 18.3. The fourth-order valence-corrected chi connectivity index (χ4v) is 14.1. The lowest BCUT2D eigenvalue weighted by atomic mass is 9.97. The van der Waals surface area contributed by atoms with Gasteiger partial charge in [0.15, 0.2) is 12.6 Å². The lowest BCUT2D eigenvalue weighted by molar-refractivity contribution is -0.359. The van der Waals surface area contributed by atoms with Crippen molar-refractivity contribution in [1.82, 2.24) is 5.32 Å². The van der Waals surface area contributed by atoms with Crippen molar-refractivity contribution in [2.75, 3.05) is 19.8 Å². The van der Waals surface area contributed by atoms with E-state index in [9.17, 15) is 45.6 Å². The molecule has 93 heavy (non-hydrogen) atoms. The number of rotatable bonds is 70. The van der Waals surface area contributed by atoms with Gasteiger partial charge in [0.2, 0.25) is 5.91 Å². The van der Waals surface area contributed by atoms with E-state index in [2.05, 4.69) is 19.2 Å². The SMILES string of the molecule is CCCCCCCCCCCCCCCCCCCCCCCCCCCCCCCCCCCCCC(=O)NC(COC1OC(CO)C(OC2OC(CO)C(O)C(O)C2O)C(O)C1O)C(O)CCCCCCCCCCCCCCCCCCCCCCCCCC. The molecule has 2 aliphatic rings. The number of nitrogens with one attached hydrogen (secondary N) is 1. The molecule has 0 radical (unpaired) electrons. The van der Waals surface area contributed by atoms with E-state index in [1.807, 2.05) is 0 Å². The Hall–Kier alpha value is -1.01. The van der Waals surface area contributed by atoms with Crippen LogP contribution in [0.4, 0.5) is 0 Å². The van der Waals surface area contributed by atoms with Crippen molar-refractivity contribution in [3.63, 3.8) is 0 Å². The average Bonchev–Trinajstić information content (AvgIpc) is 0.854. The molecule has 0 aliphatic carbocycles. The summed E-state index contributed by atoms with van der Waals surface area (Å²) >= 11 is 0. The molecule has 12 atom stereocenters. The molecular formula is C79H155NO13. The molecule has 554 valence electrons. The standard InChI is InChI=1S/C79H155NO13/c1-3-5-7-9-11-13-15-17-19-21-23-25-27-29-30-31-32-33-34-35-36-37-38-39-41-43-45-47-49-51-53-55-57-59-61-63-71(84)80-67(66-90-78-76(89)74(87)77(70(65-82)92-78)93-79-75(88)73(86)72(85)69(64-81)91-79)68(83)62-60-58-56-54-52-50-48-46-44-42-40-28-26-24-22-20-18-16-14-12-10-8-6-4-2/h67-70,72-79,81-83,85-89H,3-66H2,1-2H3,(H,80,84). The highest BCUT2D eigenvalue weighted by molar-refractivity contribution is 5.76. The fraction of sp³-hybridized carbons (Fsp3) is 0.987. The maximum absolute atomic E-state index is 13.4. The minimum Gasteiger partial charge on any atom is -0.394 e. The molecule has 2 heterocycles. The molecule has 14 nitrogen and oxygen atoms in total. The highest BCUT2D eigenvalue weighted by Gasteiger charge is 2.51. The number of hydrogen-bond acceptors (Lipinski definition) is 13. The number of carbonyl (C=O) groups is 1. The second kappa shape index (κ2) is 64.4. The summed E-state index contributed by atoms with van der Waals surface area (Å²) in [6.45, 7) is 2.95. The molecular weight excluding hydrogens is 1170 g/mol. The Bertz CT molecular complexity index is 1560. The Labute approximate surface area is 572 Å². The summed E-state index contributed by atoms with van der Waals surface area (Å²) in [5.41, 5.74) is 0. The lowest BCUT2D eigenvalue weighted by Gasteiger charge is -2.46. The summed E-state index contributed by atoms with van der Waals surface area (Å²) < 4.78 is 23.0. The molecule has 0 saturated carbocycles. The molecule has 14 heteroatoms. The largest absolute Gasteiger partial charge is 0.394 e. The van der Waals surface area contributed by atoms with Gasteiger partial charge < -0.3 is 65.1 Å². The van der Waals surface area contributed by atoms with Crippen LogP contribution in [0.25, 0.3) is 0 Å². The van der Waals surface area contributed by atoms with Crippen LogP contribution < -0.4 is 5.32 Å². The van der Waals surface area contributed by atoms with E-state index < -0.39 is 86.8 Å². The van der Waals surface area contributed by atoms with Crippen molar-refractivity contribution < 1.29 is 64.6 Å². The van der Waals surface area contributed by atoms with Gasteiger partial charge in [0.05, 0.1) is 32.0 Å². The number of carbonyl (C=O) groups excluding carboxylic acids is 1. The number of amides is 1. The van der Waals surface area contributed by atoms with E-state index in [0.717, 1.165) is 51.4 Å². The summed E-state index contributed by atoms with van der Waals surface area (Å²) in [6.07, 6.45) is 63.0. The van der Waals surface area contributed by atoms with Crippen molar-refractivity contribution in [2.24, 2.45) is 0 Å². The number of aliphatic hydroxyl groups is 8. The Balaban J connectivity index is 1.58. The van der Waals surface area contributed by atoms with Crippen molar-refractivity contribution >= 4 is 5.91 Å². The van der Waals surface area contributed by atoms with Crippen molar-refractivity contribution in [2.45, 2.75) is 479 Å². The first-order chi connectivity index (χ1) is 45.6. The predicted molar refractivity (Wildman–Crippen MR) is 383 cm³/mol. The van der Waals surface area contributed by atoms with Gasteiger partial charge in [-0.2, -0.15) is 0 Å². The van der Waals surface area contributed by atoms with Crippen molar-refractivity contribution in [3.8, 4) is 0 Å².